The van der Waals surface area contributed by atoms with Crippen LogP contribution < -0.4 is 5.32 Å². The van der Waals surface area contributed by atoms with Crippen molar-refractivity contribution in [3.8, 4) is 17.1 Å². The van der Waals surface area contributed by atoms with Crippen LogP contribution in [0.4, 0.5) is 4.39 Å². The molecule has 30 heavy (non-hydrogen) atoms. The third-order valence-electron chi connectivity index (χ3n) is 5.31. The van der Waals surface area contributed by atoms with Crippen molar-refractivity contribution >= 4 is 5.91 Å². The number of hydrogen-bond acceptors (Lipinski definition) is 4. The number of aryl methyl sites for hydroxylation is 1. The van der Waals surface area contributed by atoms with Crippen LogP contribution in [-0.2, 0) is 6.42 Å². The van der Waals surface area contributed by atoms with Gasteiger partial charge in [0.15, 0.2) is 5.69 Å². The monoisotopic (exact) mass is 399 g/mol. The summed E-state index contributed by atoms with van der Waals surface area (Å²) in [4.78, 5) is 17.5. The van der Waals surface area contributed by atoms with Gasteiger partial charge in [-0.3, -0.25) is 9.78 Å². The Morgan fingerprint density at radius 1 is 1.03 bits per heavy atom. The second-order valence-corrected chi connectivity index (χ2v) is 7.13. The summed E-state index contributed by atoms with van der Waals surface area (Å²) in [7, 11) is 0. The van der Waals surface area contributed by atoms with Gasteiger partial charge in [-0.25, -0.2) is 9.07 Å². The van der Waals surface area contributed by atoms with Crippen LogP contribution in [0.1, 0.15) is 34.1 Å². The lowest BCUT2D eigenvalue weighted by atomic mass is 10.1. The van der Waals surface area contributed by atoms with Crippen molar-refractivity contribution in [3.05, 3.63) is 95.6 Å². The Hall–Kier alpha value is -3.87. The third-order valence-corrected chi connectivity index (χ3v) is 5.31. The van der Waals surface area contributed by atoms with Gasteiger partial charge in [0.25, 0.3) is 5.91 Å². The highest BCUT2D eigenvalue weighted by atomic mass is 19.1. The number of halogens is 1. The zero-order valence-electron chi connectivity index (χ0n) is 16.0. The molecule has 1 atom stereocenters. The summed E-state index contributed by atoms with van der Waals surface area (Å²) in [5.41, 5.74) is 3.51. The van der Waals surface area contributed by atoms with Crippen molar-refractivity contribution in [3.63, 3.8) is 0 Å². The predicted molar refractivity (Wildman–Crippen MR) is 110 cm³/mol. The summed E-state index contributed by atoms with van der Waals surface area (Å²) in [6.07, 6.45) is 3.35. The van der Waals surface area contributed by atoms with E-state index >= 15 is 0 Å². The van der Waals surface area contributed by atoms with Gasteiger partial charge in [0.1, 0.15) is 17.2 Å². The number of carbonyl (C=O) groups is 1. The summed E-state index contributed by atoms with van der Waals surface area (Å²) in [5.74, 6) is -0.823. The molecule has 6 nitrogen and oxygen atoms in total. The van der Waals surface area contributed by atoms with E-state index in [1.165, 1.54) is 16.3 Å². The number of fused-ring (bicyclic) bond motifs is 1. The average Bonchev–Trinajstić information content (AvgIpc) is 3.40. The van der Waals surface area contributed by atoms with Crippen molar-refractivity contribution in [2.75, 3.05) is 0 Å². The fourth-order valence-electron chi connectivity index (χ4n) is 3.89. The lowest BCUT2D eigenvalue weighted by Gasteiger charge is -2.14. The molecule has 148 valence electrons. The highest BCUT2D eigenvalue weighted by molar-refractivity contribution is 5.98. The maximum atomic E-state index is 14.5. The molecule has 1 aliphatic carbocycles. The molecule has 0 aliphatic heterocycles. The number of carbonyl (C=O) groups excluding carboxylic acids is 1. The Bertz CT molecular complexity index is 1220. The Morgan fingerprint density at radius 2 is 1.83 bits per heavy atom. The van der Waals surface area contributed by atoms with Crippen LogP contribution in [0.2, 0.25) is 0 Å². The molecule has 0 saturated carbocycles. The molecule has 0 saturated heterocycles. The van der Waals surface area contributed by atoms with Gasteiger partial charge in [0.05, 0.1) is 11.7 Å². The number of benzene rings is 2. The van der Waals surface area contributed by atoms with Crippen LogP contribution in [0.5, 0.6) is 0 Å². The van der Waals surface area contributed by atoms with Gasteiger partial charge < -0.3 is 5.32 Å². The van der Waals surface area contributed by atoms with Crippen LogP contribution in [0.25, 0.3) is 17.1 Å². The molecule has 0 fully saturated rings. The van der Waals surface area contributed by atoms with E-state index in [9.17, 15) is 9.18 Å². The fraction of sp³-hybridized carbons (Fsp3) is 0.130. The van der Waals surface area contributed by atoms with E-state index in [2.05, 4.69) is 26.7 Å². The first kappa shape index (κ1) is 18.2. The molecule has 1 aliphatic rings. The zero-order chi connectivity index (χ0) is 20.5. The summed E-state index contributed by atoms with van der Waals surface area (Å²) in [5, 5.41) is 11.3. The minimum atomic E-state index is -0.462. The van der Waals surface area contributed by atoms with E-state index in [0.29, 0.717) is 11.4 Å². The number of aromatic nitrogens is 4. The molecule has 2 aromatic heterocycles. The van der Waals surface area contributed by atoms with E-state index in [1.807, 2.05) is 18.2 Å². The van der Waals surface area contributed by atoms with Gasteiger partial charge >= 0.3 is 0 Å². The molecule has 2 heterocycles. The topological polar surface area (TPSA) is 72.7 Å². The molecule has 0 unspecified atom stereocenters. The first-order chi connectivity index (χ1) is 14.7. The van der Waals surface area contributed by atoms with Gasteiger partial charge in [0, 0.05) is 6.20 Å². The highest BCUT2D eigenvalue weighted by Crippen LogP contribution is 2.32. The Balaban J connectivity index is 1.56. The lowest BCUT2D eigenvalue weighted by Crippen LogP contribution is -2.28. The summed E-state index contributed by atoms with van der Waals surface area (Å²) in [6.45, 7) is 0. The van der Waals surface area contributed by atoms with E-state index in [0.717, 1.165) is 18.4 Å². The molecule has 0 radical (unpaired) electrons. The summed E-state index contributed by atoms with van der Waals surface area (Å²) in [6, 6.07) is 19.5. The number of pyridine rings is 1. The molecule has 4 aromatic rings. The summed E-state index contributed by atoms with van der Waals surface area (Å²) < 4.78 is 15.8. The molecule has 0 bridgehead atoms. The van der Waals surface area contributed by atoms with E-state index in [-0.39, 0.29) is 23.3 Å². The van der Waals surface area contributed by atoms with Crippen molar-refractivity contribution in [1.29, 1.82) is 0 Å². The number of rotatable bonds is 4. The molecule has 2 aromatic carbocycles. The van der Waals surface area contributed by atoms with Gasteiger partial charge in [-0.15, -0.1) is 5.10 Å². The SMILES string of the molecule is O=C(N[C@@H]1CCc2ccccc21)c1nnn(-c2ccccc2F)c1-c1ccccn1. The maximum Gasteiger partial charge on any atom is 0.274 e. The smallest absolute Gasteiger partial charge is 0.274 e. The molecular formula is C23H18FN5O. The minimum Gasteiger partial charge on any atom is -0.344 e. The van der Waals surface area contributed by atoms with Gasteiger partial charge in [-0.1, -0.05) is 47.7 Å². The molecule has 5 rings (SSSR count). The van der Waals surface area contributed by atoms with Crippen molar-refractivity contribution in [2.24, 2.45) is 0 Å². The first-order valence-electron chi connectivity index (χ1n) is 9.73. The highest BCUT2D eigenvalue weighted by Gasteiger charge is 2.28. The maximum absolute atomic E-state index is 14.5. The molecule has 7 heteroatoms. The fourth-order valence-corrected chi connectivity index (χ4v) is 3.89. The number of nitrogens with zero attached hydrogens (tertiary/aromatic N) is 4. The van der Waals surface area contributed by atoms with Crippen molar-refractivity contribution in [2.45, 2.75) is 18.9 Å². The van der Waals surface area contributed by atoms with E-state index in [1.54, 1.807) is 42.6 Å². The Labute approximate surface area is 172 Å². The second kappa shape index (κ2) is 7.51. The predicted octanol–water partition coefficient (Wildman–Crippen LogP) is 3.89. The van der Waals surface area contributed by atoms with Crippen molar-refractivity contribution in [1.82, 2.24) is 25.3 Å². The normalized spacial score (nSPS) is 15.0. The molecular weight excluding hydrogens is 381 g/mol. The lowest BCUT2D eigenvalue weighted by molar-refractivity contribution is 0.0932. The number of hydrogen-bond donors (Lipinski definition) is 1. The Kier molecular flexibility index (Phi) is 4.55. The van der Waals surface area contributed by atoms with Gasteiger partial charge in [0.2, 0.25) is 0 Å². The number of amides is 1. The first-order valence-corrected chi connectivity index (χ1v) is 9.73. The van der Waals surface area contributed by atoms with Crippen LogP contribution in [-0.4, -0.2) is 25.9 Å². The minimum absolute atomic E-state index is 0.0936. The van der Waals surface area contributed by atoms with Crippen molar-refractivity contribution < 1.29 is 9.18 Å². The molecule has 1 N–H and O–H groups in total. The average molecular weight is 399 g/mol. The quantitative estimate of drug-likeness (QED) is 0.565. The van der Waals surface area contributed by atoms with Crippen LogP contribution in [0, 0.1) is 5.82 Å². The number of para-hydroxylation sites is 1. The second-order valence-electron chi connectivity index (χ2n) is 7.13. The third kappa shape index (κ3) is 3.14. The van der Waals surface area contributed by atoms with Crippen LogP contribution >= 0.6 is 0 Å². The van der Waals surface area contributed by atoms with Crippen LogP contribution in [0.3, 0.4) is 0 Å². The number of nitrogens with one attached hydrogen (secondary N) is 1. The largest absolute Gasteiger partial charge is 0.344 e. The summed E-state index contributed by atoms with van der Waals surface area (Å²) >= 11 is 0. The van der Waals surface area contributed by atoms with E-state index < -0.39 is 5.82 Å². The van der Waals surface area contributed by atoms with E-state index in [4.69, 9.17) is 0 Å². The van der Waals surface area contributed by atoms with Gasteiger partial charge in [-0.2, -0.15) is 0 Å². The zero-order valence-corrected chi connectivity index (χ0v) is 16.0. The van der Waals surface area contributed by atoms with Crippen LogP contribution in [0.15, 0.2) is 72.9 Å². The van der Waals surface area contributed by atoms with Gasteiger partial charge in [-0.05, 0) is 48.2 Å². The molecule has 1 amide bonds. The molecule has 0 spiro atoms. The standard InChI is InChI=1S/C23H18FN5O/c24-17-9-3-4-11-20(17)29-22(19-10-5-6-14-25-19)21(27-28-29)23(30)26-18-13-12-15-7-1-2-8-16(15)18/h1-11,14,18H,12-13H2,(H,26,30)/t18-/m1/s1. The Morgan fingerprint density at radius 3 is 2.67 bits per heavy atom.